The van der Waals surface area contributed by atoms with Gasteiger partial charge >= 0.3 is 5.97 Å². The summed E-state index contributed by atoms with van der Waals surface area (Å²) in [6, 6.07) is 27.8. The van der Waals surface area contributed by atoms with E-state index in [0.29, 0.717) is 28.4 Å². The largest absolute Gasteiger partial charge is 0.497 e. The van der Waals surface area contributed by atoms with Gasteiger partial charge in [-0.3, -0.25) is 9.69 Å². The molecule has 0 bridgehead atoms. The van der Waals surface area contributed by atoms with Crippen molar-refractivity contribution in [1.82, 2.24) is 0 Å². The van der Waals surface area contributed by atoms with Crippen molar-refractivity contribution in [2.45, 2.75) is 0 Å². The summed E-state index contributed by atoms with van der Waals surface area (Å²) in [5.41, 5.74) is 4.23. The summed E-state index contributed by atoms with van der Waals surface area (Å²) >= 11 is 0. The Morgan fingerprint density at radius 2 is 1.56 bits per heavy atom. The number of benzene rings is 3. The third-order valence-corrected chi connectivity index (χ3v) is 5.90. The van der Waals surface area contributed by atoms with Crippen LogP contribution < -0.4 is 9.64 Å². The molecule has 0 saturated heterocycles. The molecule has 36 heavy (non-hydrogen) atoms. The maximum absolute atomic E-state index is 13.5. The summed E-state index contributed by atoms with van der Waals surface area (Å²) in [5, 5.41) is 0. The summed E-state index contributed by atoms with van der Waals surface area (Å²) in [6.45, 7) is 0. The van der Waals surface area contributed by atoms with E-state index in [1.165, 1.54) is 7.11 Å². The van der Waals surface area contributed by atoms with Gasteiger partial charge in [0.2, 0.25) is 0 Å². The zero-order chi connectivity index (χ0) is 25.1. The van der Waals surface area contributed by atoms with Crippen molar-refractivity contribution >= 4 is 29.3 Å². The molecule has 4 aromatic rings. The molecule has 1 amide bonds. The van der Waals surface area contributed by atoms with E-state index in [2.05, 4.69) is 0 Å². The van der Waals surface area contributed by atoms with E-state index in [0.717, 1.165) is 22.5 Å². The Morgan fingerprint density at radius 3 is 2.22 bits per heavy atom. The molecule has 6 nitrogen and oxygen atoms in total. The fourth-order valence-corrected chi connectivity index (χ4v) is 4.05. The molecular weight excluding hydrogens is 454 g/mol. The number of nitrogens with zero attached hydrogens (tertiary/aromatic N) is 1. The highest BCUT2D eigenvalue weighted by Gasteiger charge is 2.30. The molecule has 3 aromatic carbocycles. The molecule has 0 unspecified atom stereocenters. The van der Waals surface area contributed by atoms with Crippen molar-refractivity contribution in [2.24, 2.45) is 0 Å². The monoisotopic (exact) mass is 477 g/mol. The fourth-order valence-electron chi connectivity index (χ4n) is 4.05. The van der Waals surface area contributed by atoms with E-state index in [9.17, 15) is 9.59 Å². The molecule has 0 saturated carbocycles. The van der Waals surface area contributed by atoms with Crippen molar-refractivity contribution in [3.63, 3.8) is 0 Å². The fraction of sp³-hybridized carbons (Fsp3) is 0.0667. The van der Waals surface area contributed by atoms with E-state index >= 15 is 0 Å². The molecule has 0 fully saturated rings. The summed E-state index contributed by atoms with van der Waals surface area (Å²) in [4.78, 5) is 26.9. The van der Waals surface area contributed by atoms with E-state index in [4.69, 9.17) is 13.9 Å². The molecule has 6 heteroatoms. The van der Waals surface area contributed by atoms with Gasteiger partial charge in [0.05, 0.1) is 25.5 Å². The van der Waals surface area contributed by atoms with Gasteiger partial charge < -0.3 is 13.9 Å². The van der Waals surface area contributed by atoms with Gasteiger partial charge in [0.15, 0.2) is 0 Å². The molecule has 1 aromatic heterocycles. The minimum Gasteiger partial charge on any atom is -0.497 e. The maximum atomic E-state index is 13.5. The molecule has 5 rings (SSSR count). The number of amides is 1. The lowest BCUT2D eigenvalue weighted by Gasteiger charge is -2.21. The van der Waals surface area contributed by atoms with Crippen molar-refractivity contribution < 1.29 is 23.5 Å². The van der Waals surface area contributed by atoms with Crippen molar-refractivity contribution in [2.75, 3.05) is 19.1 Å². The van der Waals surface area contributed by atoms with Crippen LogP contribution in [0.25, 0.3) is 23.1 Å². The number of ether oxygens (including phenoxy) is 2. The Morgan fingerprint density at radius 1 is 0.833 bits per heavy atom. The highest BCUT2D eigenvalue weighted by molar-refractivity contribution is 6.23. The van der Waals surface area contributed by atoms with Crippen LogP contribution in [0, 0.1) is 0 Å². The van der Waals surface area contributed by atoms with Crippen LogP contribution in [0.15, 0.2) is 107 Å². The number of anilines is 1. The van der Waals surface area contributed by atoms with Crippen LogP contribution in [0.5, 0.6) is 5.75 Å². The Kier molecular flexibility index (Phi) is 6.24. The third-order valence-electron chi connectivity index (χ3n) is 5.90. The second kappa shape index (κ2) is 9.80. The first-order valence-electron chi connectivity index (χ1n) is 11.3. The Bertz CT molecular complexity index is 1460. The standard InChI is InChI=1S/C30H23NO5/c1-34-25-14-12-24(13-15-25)31-27(20-6-4-3-5-7-20)19-23(29(31)32)18-26-16-17-28(36-26)21-8-10-22(11-9-21)30(33)35-2/h3-19H,1-2H3/b23-18+. The lowest BCUT2D eigenvalue weighted by atomic mass is 10.1. The first-order valence-corrected chi connectivity index (χ1v) is 11.3. The molecule has 0 N–H and O–H groups in total. The van der Waals surface area contributed by atoms with Gasteiger partial charge in [-0.1, -0.05) is 42.5 Å². The molecular formula is C30H23NO5. The van der Waals surface area contributed by atoms with Crippen LogP contribution >= 0.6 is 0 Å². The van der Waals surface area contributed by atoms with Crippen molar-refractivity contribution in [1.29, 1.82) is 0 Å². The van der Waals surface area contributed by atoms with Crippen LogP contribution in [-0.2, 0) is 9.53 Å². The van der Waals surface area contributed by atoms with Gasteiger partial charge in [0.1, 0.15) is 17.3 Å². The molecule has 1 aliphatic heterocycles. The van der Waals surface area contributed by atoms with E-state index in [1.54, 1.807) is 42.4 Å². The van der Waals surface area contributed by atoms with Gasteiger partial charge in [-0.2, -0.15) is 0 Å². The van der Waals surface area contributed by atoms with Crippen LogP contribution in [-0.4, -0.2) is 26.1 Å². The highest BCUT2D eigenvalue weighted by atomic mass is 16.5. The van der Waals surface area contributed by atoms with Gasteiger partial charge in [0.25, 0.3) is 5.91 Å². The highest BCUT2D eigenvalue weighted by Crippen LogP contribution is 2.36. The average molecular weight is 478 g/mol. The molecule has 178 valence electrons. The zero-order valence-electron chi connectivity index (χ0n) is 19.8. The van der Waals surface area contributed by atoms with E-state index in [-0.39, 0.29) is 5.91 Å². The minimum atomic E-state index is -0.395. The number of hydrogen-bond acceptors (Lipinski definition) is 5. The molecule has 0 atom stereocenters. The second-order valence-corrected chi connectivity index (χ2v) is 8.10. The topological polar surface area (TPSA) is 69.0 Å². The summed E-state index contributed by atoms with van der Waals surface area (Å²) in [7, 11) is 2.96. The third kappa shape index (κ3) is 4.44. The second-order valence-electron chi connectivity index (χ2n) is 8.10. The molecule has 0 radical (unpaired) electrons. The predicted molar refractivity (Wildman–Crippen MR) is 138 cm³/mol. The molecule has 0 aliphatic carbocycles. The SMILES string of the molecule is COC(=O)c1ccc(-c2ccc(/C=C3\C=C(c4ccccc4)N(c4ccc(OC)cc4)C3=O)o2)cc1. The van der Waals surface area contributed by atoms with Crippen LogP contribution in [0.3, 0.4) is 0 Å². The van der Waals surface area contributed by atoms with Crippen molar-refractivity contribution in [3.8, 4) is 17.1 Å². The number of methoxy groups -OCH3 is 2. The molecule has 2 heterocycles. The predicted octanol–water partition coefficient (Wildman–Crippen LogP) is 6.21. The minimum absolute atomic E-state index is 0.153. The van der Waals surface area contributed by atoms with E-state index < -0.39 is 5.97 Å². The first kappa shape index (κ1) is 22.9. The molecule has 0 spiro atoms. The summed E-state index contributed by atoms with van der Waals surface area (Å²) in [5.74, 6) is 1.34. The first-order chi connectivity index (χ1) is 17.6. The van der Waals surface area contributed by atoms with Gasteiger partial charge in [-0.25, -0.2) is 4.79 Å². The lowest BCUT2D eigenvalue weighted by molar-refractivity contribution is -0.113. The number of carbonyl (C=O) groups excluding carboxylic acids is 2. The van der Waals surface area contributed by atoms with Crippen LogP contribution in [0.4, 0.5) is 5.69 Å². The van der Waals surface area contributed by atoms with Gasteiger partial charge in [-0.15, -0.1) is 0 Å². The molecule has 1 aliphatic rings. The quantitative estimate of drug-likeness (QED) is 0.244. The number of rotatable bonds is 6. The van der Waals surface area contributed by atoms with Crippen LogP contribution in [0.1, 0.15) is 21.7 Å². The van der Waals surface area contributed by atoms with Crippen molar-refractivity contribution in [3.05, 3.63) is 120 Å². The smallest absolute Gasteiger partial charge is 0.337 e. The summed E-state index contributed by atoms with van der Waals surface area (Å²) < 4.78 is 16.0. The Labute approximate surface area is 208 Å². The Hall–Kier alpha value is -4.84. The number of hydrogen-bond donors (Lipinski definition) is 0. The zero-order valence-corrected chi connectivity index (χ0v) is 19.8. The number of furan rings is 1. The normalized spacial score (nSPS) is 14.2. The van der Waals surface area contributed by atoms with E-state index in [1.807, 2.05) is 72.8 Å². The van der Waals surface area contributed by atoms with Gasteiger partial charge in [-0.05, 0) is 66.2 Å². The number of esters is 1. The maximum Gasteiger partial charge on any atom is 0.337 e. The Balaban J connectivity index is 1.47. The average Bonchev–Trinajstić information content (AvgIpc) is 3.53. The van der Waals surface area contributed by atoms with Gasteiger partial charge in [0, 0.05) is 16.8 Å². The lowest BCUT2D eigenvalue weighted by Crippen LogP contribution is -2.24. The summed E-state index contributed by atoms with van der Waals surface area (Å²) in [6.07, 6.45) is 3.61. The van der Waals surface area contributed by atoms with Crippen LogP contribution in [0.2, 0.25) is 0 Å². The number of carbonyl (C=O) groups is 2.